The zero-order valence-corrected chi connectivity index (χ0v) is 13.4. The van der Waals surface area contributed by atoms with Crippen LogP contribution >= 0.6 is 11.3 Å². The lowest BCUT2D eigenvalue weighted by molar-refractivity contribution is 0.216. The van der Waals surface area contributed by atoms with Gasteiger partial charge in [-0.25, -0.2) is 0 Å². The SMILES string of the molecule is C=C(CNC(C)(C)C)CN1CCc2sccc2C1C. The Labute approximate surface area is 121 Å². The summed E-state index contributed by atoms with van der Waals surface area (Å²) in [6.07, 6.45) is 1.19. The normalized spacial score (nSPS) is 20.3. The topological polar surface area (TPSA) is 15.3 Å². The predicted molar refractivity (Wildman–Crippen MR) is 84.9 cm³/mol. The van der Waals surface area contributed by atoms with Crippen molar-refractivity contribution in [2.24, 2.45) is 0 Å². The van der Waals surface area contributed by atoms with Gasteiger partial charge < -0.3 is 5.32 Å². The van der Waals surface area contributed by atoms with Gasteiger partial charge in [-0.2, -0.15) is 0 Å². The molecule has 0 saturated carbocycles. The van der Waals surface area contributed by atoms with Crippen molar-refractivity contribution < 1.29 is 0 Å². The first kappa shape index (κ1) is 14.8. The highest BCUT2D eigenvalue weighted by Gasteiger charge is 2.24. The fourth-order valence-electron chi connectivity index (χ4n) is 2.51. The number of fused-ring (bicyclic) bond motifs is 1. The minimum Gasteiger partial charge on any atom is -0.308 e. The predicted octanol–water partition coefficient (Wildman–Crippen LogP) is 3.61. The van der Waals surface area contributed by atoms with Crippen LogP contribution in [0, 0.1) is 0 Å². The lowest BCUT2D eigenvalue weighted by Crippen LogP contribution is -2.40. The Hall–Kier alpha value is -0.640. The highest BCUT2D eigenvalue weighted by molar-refractivity contribution is 7.10. The maximum absolute atomic E-state index is 4.23. The minimum absolute atomic E-state index is 0.164. The van der Waals surface area contributed by atoms with Gasteiger partial charge in [0.1, 0.15) is 0 Å². The molecule has 1 aromatic heterocycles. The Bertz CT molecular complexity index is 442. The standard InChI is InChI=1S/C16H26N2S/c1-12(10-17-16(3,4)5)11-18-8-6-15-14(13(18)2)7-9-19-15/h7,9,13,17H,1,6,8,10-11H2,2-5H3. The fraction of sp³-hybridized carbons (Fsp3) is 0.625. The van der Waals surface area contributed by atoms with E-state index in [1.807, 2.05) is 11.3 Å². The molecule has 1 atom stereocenters. The molecule has 2 heterocycles. The molecule has 1 aliphatic rings. The number of nitrogens with one attached hydrogen (secondary N) is 1. The van der Waals surface area contributed by atoms with Crippen molar-refractivity contribution in [3.63, 3.8) is 0 Å². The summed E-state index contributed by atoms with van der Waals surface area (Å²) in [6, 6.07) is 2.81. The molecule has 0 aromatic carbocycles. The summed E-state index contributed by atoms with van der Waals surface area (Å²) in [7, 11) is 0. The van der Waals surface area contributed by atoms with Crippen LogP contribution in [0.25, 0.3) is 0 Å². The van der Waals surface area contributed by atoms with Crippen molar-refractivity contribution in [1.82, 2.24) is 10.2 Å². The van der Waals surface area contributed by atoms with E-state index in [9.17, 15) is 0 Å². The lowest BCUT2D eigenvalue weighted by atomic mass is 10.0. The summed E-state index contributed by atoms with van der Waals surface area (Å²) in [5.74, 6) is 0. The Balaban J connectivity index is 1.89. The van der Waals surface area contributed by atoms with Crippen molar-refractivity contribution in [3.8, 4) is 0 Å². The third kappa shape index (κ3) is 3.91. The van der Waals surface area contributed by atoms with Crippen LogP contribution in [0.5, 0.6) is 0 Å². The first-order chi connectivity index (χ1) is 8.87. The molecule has 2 nitrogen and oxygen atoms in total. The van der Waals surface area contributed by atoms with Crippen LogP contribution in [0.2, 0.25) is 0 Å². The summed E-state index contributed by atoms with van der Waals surface area (Å²) >= 11 is 1.90. The summed E-state index contributed by atoms with van der Waals surface area (Å²) < 4.78 is 0. The maximum atomic E-state index is 4.23. The molecule has 1 unspecified atom stereocenters. The van der Waals surface area contributed by atoms with Gasteiger partial charge in [-0.15, -0.1) is 11.3 Å². The molecule has 106 valence electrons. The van der Waals surface area contributed by atoms with Crippen LogP contribution in [0.1, 0.15) is 44.2 Å². The van der Waals surface area contributed by atoms with Gasteiger partial charge in [0.15, 0.2) is 0 Å². The van der Waals surface area contributed by atoms with E-state index in [-0.39, 0.29) is 5.54 Å². The van der Waals surface area contributed by atoms with Gasteiger partial charge in [0, 0.05) is 36.1 Å². The molecule has 0 radical (unpaired) electrons. The fourth-order valence-corrected chi connectivity index (χ4v) is 3.47. The number of rotatable bonds is 4. The summed E-state index contributed by atoms with van der Waals surface area (Å²) in [4.78, 5) is 4.11. The van der Waals surface area contributed by atoms with Crippen molar-refractivity contribution in [2.75, 3.05) is 19.6 Å². The highest BCUT2D eigenvalue weighted by Crippen LogP contribution is 2.32. The van der Waals surface area contributed by atoms with Crippen molar-refractivity contribution >= 4 is 11.3 Å². The number of hydrogen-bond donors (Lipinski definition) is 1. The molecule has 0 saturated heterocycles. The first-order valence-electron chi connectivity index (χ1n) is 7.09. The van der Waals surface area contributed by atoms with E-state index in [0.29, 0.717) is 6.04 Å². The number of hydrogen-bond acceptors (Lipinski definition) is 3. The molecule has 0 amide bonds. The maximum Gasteiger partial charge on any atom is 0.0334 e. The Kier molecular flexibility index (Phi) is 4.49. The Morgan fingerprint density at radius 3 is 2.95 bits per heavy atom. The third-order valence-electron chi connectivity index (χ3n) is 3.70. The molecular formula is C16H26N2S. The van der Waals surface area contributed by atoms with Crippen LogP contribution in [0.15, 0.2) is 23.6 Å². The zero-order valence-electron chi connectivity index (χ0n) is 12.6. The first-order valence-corrected chi connectivity index (χ1v) is 7.97. The molecule has 0 bridgehead atoms. The lowest BCUT2D eigenvalue weighted by Gasteiger charge is -2.34. The Morgan fingerprint density at radius 2 is 2.26 bits per heavy atom. The van der Waals surface area contributed by atoms with Gasteiger partial charge in [-0.05, 0) is 56.7 Å². The Morgan fingerprint density at radius 1 is 1.53 bits per heavy atom. The van der Waals surface area contributed by atoms with E-state index < -0.39 is 0 Å². The molecule has 3 heteroatoms. The average molecular weight is 278 g/mol. The van der Waals surface area contributed by atoms with Crippen LogP contribution < -0.4 is 5.32 Å². The van der Waals surface area contributed by atoms with Crippen LogP contribution in [-0.2, 0) is 6.42 Å². The molecule has 1 N–H and O–H groups in total. The van der Waals surface area contributed by atoms with Crippen LogP contribution in [0.4, 0.5) is 0 Å². The van der Waals surface area contributed by atoms with E-state index in [4.69, 9.17) is 0 Å². The van der Waals surface area contributed by atoms with E-state index in [0.717, 1.165) is 19.6 Å². The largest absolute Gasteiger partial charge is 0.308 e. The molecule has 0 spiro atoms. The smallest absolute Gasteiger partial charge is 0.0334 e. The van der Waals surface area contributed by atoms with E-state index in [1.165, 1.54) is 17.6 Å². The van der Waals surface area contributed by atoms with Crippen molar-refractivity contribution in [3.05, 3.63) is 34.0 Å². The summed E-state index contributed by atoms with van der Waals surface area (Å²) in [5.41, 5.74) is 2.96. The molecule has 2 rings (SSSR count). The molecule has 0 aliphatic carbocycles. The van der Waals surface area contributed by atoms with E-state index in [1.54, 1.807) is 4.88 Å². The molecule has 0 fully saturated rings. The summed E-state index contributed by atoms with van der Waals surface area (Å²) in [6.45, 7) is 16.2. The number of thiophene rings is 1. The molecular weight excluding hydrogens is 252 g/mol. The van der Waals surface area contributed by atoms with Crippen molar-refractivity contribution in [2.45, 2.75) is 45.7 Å². The van der Waals surface area contributed by atoms with Gasteiger partial charge in [-0.3, -0.25) is 4.90 Å². The second-order valence-electron chi connectivity index (χ2n) is 6.55. The highest BCUT2D eigenvalue weighted by atomic mass is 32.1. The second kappa shape index (κ2) is 5.78. The monoisotopic (exact) mass is 278 g/mol. The second-order valence-corrected chi connectivity index (χ2v) is 7.55. The van der Waals surface area contributed by atoms with Gasteiger partial charge >= 0.3 is 0 Å². The average Bonchev–Trinajstić information content (AvgIpc) is 2.78. The van der Waals surface area contributed by atoms with Crippen LogP contribution in [0.3, 0.4) is 0 Å². The van der Waals surface area contributed by atoms with Gasteiger partial charge in [-0.1, -0.05) is 6.58 Å². The molecule has 1 aromatic rings. The third-order valence-corrected chi connectivity index (χ3v) is 4.70. The van der Waals surface area contributed by atoms with E-state index >= 15 is 0 Å². The zero-order chi connectivity index (χ0) is 14.0. The van der Waals surface area contributed by atoms with E-state index in [2.05, 4.69) is 55.9 Å². The van der Waals surface area contributed by atoms with Gasteiger partial charge in [0.25, 0.3) is 0 Å². The minimum atomic E-state index is 0.164. The quantitative estimate of drug-likeness (QED) is 0.846. The summed E-state index contributed by atoms with van der Waals surface area (Å²) in [5, 5.41) is 5.74. The molecule has 19 heavy (non-hydrogen) atoms. The van der Waals surface area contributed by atoms with Gasteiger partial charge in [0.2, 0.25) is 0 Å². The van der Waals surface area contributed by atoms with Crippen molar-refractivity contribution in [1.29, 1.82) is 0 Å². The molecule has 1 aliphatic heterocycles. The number of nitrogens with zero attached hydrogens (tertiary/aromatic N) is 1. The van der Waals surface area contributed by atoms with Crippen LogP contribution in [-0.4, -0.2) is 30.1 Å². The van der Waals surface area contributed by atoms with Gasteiger partial charge in [0.05, 0.1) is 0 Å².